The molecule has 1 saturated heterocycles. The normalized spacial score (nSPS) is 17.3. The van der Waals surface area contributed by atoms with Crippen molar-refractivity contribution in [3.8, 4) is 11.6 Å². The molecule has 1 unspecified atom stereocenters. The number of para-hydroxylation sites is 1. The molecule has 138 valence electrons. The molecule has 0 bridgehead atoms. The van der Waals surface area contributed by atoms with E-state index >= 15 is 0 Å². The molecule has 1 fully saturated rings. The second-order valence-corrected chi connectivity index (χ2v) is 7.75. The standard InChI is InChI=1S/C19H24N4O2S/c1-13-20-19-23(21-13)18(24)17(26-19)16(22-11-7-3-4-8-12-22)14-9-5-6-10-15(14)25-2/h5-6,9-10,16,24H,3-4,7-8,11-12H2,1-2H3. The van der Waals surface area contributed by atoms with Crippen LogP contribution in [0.4, 0.5) is 0 Å². The molecule has 4 rings (SSSR count). The van der Waals surface area contributed by atoms with E-state index in [0.29, 0.717) is 5.82 Å². The summed E-state index contributed by atoms with van der Waals surface area (Å²) in [7, 11) is 1.70. The van der Waals surface area contributed by atoms with E-state index in [0.717, 1.165) is 34.2 Å². The Morgan fingerprint density at radius 1 is 1.15 bits per heavy atom. The van der Waals surface area contributed by atoms with Gasteiger partial charge in [0.1, 0.15) is 11.6 Å². The van der Waals surface area contributed by atoms with Crippen LogP contribution in [0.5, 0.6) is 11.6 Å². The van der Waals surface area contributed by atoms with Crippen molar-refractivity contribution in [3.05, 3.63) is 40.5 Å². The number of rotatable bonds is 4. The third-order valence-corrected chi connectivity index (χ3v) is 6.07. The highest BCUT2D eigenvalue weighted by atomic mass is 32.1. The Morgan fingerprint density at radius 2 is 1.88 bits per heavy atom. The minimum Gasteiger partial charge on any atom is -0.496 e. The third-order valence-electron chi connectivity index (χ3n) is 4.99. The van der Waals surface area contributed by atoms with E-state index in [-0.39, 0.29) is 11.9 Å². The van der Waals surface area contributed by atoms with Crippen LogP contribution < -0.4 is 4.74 Å². The molecule has 1 aliphatic rings. The van der Waals surface area contributed by atoms with Crippen LogP contribution in [-0.2, 0) is 0 Å². The summed E-state index contributed by atoms with van der Waals surface area (Å²) in [5.74, 6) is 1.70. The van der Waals surface area contributed by atoms with E-state index in [1.54, 1.807) is 11.6 Å². The number of aromatic hydroxyl groups is 1. The summed E-state index contributed by atoms with van der Waals surface area (Å²) in [5, 5.41) is 15.2. The van der Waals surface area contributed by atoms with Crippen LogP contribution in [0, 0.1) is 6.92 Å². The summed E-state index contributed by atoms with van der Waals surface area (Å²) in [6.07, 6.45) is 4.86. The predicted octanol–water partition coefficient (Wildman–Crippen LogP) is 3.78. The molecule has 0 amide bonds. The van der Waals surface area contributed by atoms with Crippen LogP contribution in [0.3, 0.4) is 0 Å². The zero-order valence-electron chi connectivity index (χ0n) is 15.2. The van der Waals surface area contributed by atoms with Crippen LogP contribution in [0.15, 0.2) is 24.3 Å². The number of likely N-dealkylation sites (tertiary alicyclic amines) is 1. The number of ether oxygens (including phenoxy) is 1. The number of methoxy groups -OCH3 is 1. The van der Waals surface area contributed by atoms with E-state index in [2.05, 4.69) is 21.0 Å². The second-order valence-electron chi connectivity index (χ2n) is 6.74. The number of fused-ring (bicyclic) bond motifs is 1. The largest absolute Gasteiger partial charge is 0.496 e. The van der Waals surface area contributed by atoms with Gasteiger partial charge < -0.3 is 9.84 Å². The minimum absolute atomic E-state index is 0.0574. The number of benzene rings is 1. The first-order chi connectivity index (χ1) is 12.7. The molecule has 0 spiro atoms. The maximum atomic E-state index is 10.9. The van der Waals surface area contributed by atoms with Crippen molar-refractivity contribution >= 4 is 16.3 Å². The maximum absolute atomic E-state index is 10.9. The van der Waals surface area contributed by atoms with Crippen molar-refractivity contribution in [2.45, 2.75) is 38.6 Å². The van der Waals surface area contributed by atoms with Crippen molar-refractivity contribution < 1.29 is 9.84 Å². The Balaban J connectivity index is 1.86. The molecular weight excluding hydrogens is 348 g/mol. The Hall–Kier alpha value is -2.12. The van der Waals surface area contributed by atoms with Gasteiger partial charge >= 0.3 is 0 Å². The van der Waals surface area contributed by atoms with Gasteiger partial charge in [0, 0.05) is 5.56 Å². The van der Waals surface area contributed by atoms with Gasteiger partial charge in [0.05, 0.1) is 18.0 Å². The minimum atomic E-state index is -0.0574. The molecule has 2 aromatic heterocycles. The molecule has 0 saturated carbocycles. The molecule has 3 aromatic rings. The van der Waals surface area contributed by atoms with Crippen molar-refractivity contribution in [1.82, 2.24) is 19.5 Å². The Bertz CT molecular complexity index is 896. The average molecular weight is 372 g/mol. The molecule has 0 aliphatic carbocycles. The Labute approximate surface area is 157 Å². The fourth-order valence-corrected chi connectivity index (χ4v) is 4.93. The van der Waals surface area contributed by atoms with Gasteiger partial charge in [0.15, 0.2) is 0 Å². The summed E-state index contributed by atoms with van der Waals surface area (Å²) in [6, 6.07) is 8.03. The molecule has 1 aromatic carbocycles. The quantitative estimate of drug-likeness (QED) is 0.755. The lowest BCUT2D eigenvalue weighted by molar-refractivity contribution is 0.228. The molecule has 26 heavy (non-hydrogen) atoms. The number of aryl methyl sites for hydroxylation is 1. The van der Waals surface area contributed by atoms with Gasteiger partial charge in [0.25, 0.3) is 0 Å². The number of hydrogen-bond acceptors (Lipinski definition) is 6. The highest BCUT2D eigenvalue weighted by Gasteiger charge is 2.31. The summed E-state index contributed by atoms with van der Waals surface area (Å²) in [6.45, 7) is 3.86. The Morgan fingerprint density at radius 3 is 2.58 bits per heavy atom. The van der Waals surface area contributed by atoms with E-state index < -0.39 is 0 Å². The first-order valence-electron chi connectivity index (χ1n) is 9.11. The maximum Gasteiger partial charge on any atom is 0.230 e. The highest BCUT2D eigenvalue weighted by molar-refractivity contribution is 7.17. The molecule has 1 N–H and O–H groups in total. The van der Waals surface area contributed by atoms with E-state index in [1.165, 1.54) is 37.0 Å². The van der Waals surface area contributed by atoms with Crippen LogP contribution in [0.25, 0.3) is 4.96 Å². The third kappa shape index (κ3) is 3.05. The molecule has 6 nitrogen and oxygen atoms in total. The highest BCUT2D eigenvalue weighted by Crippen LogP contribution is 2.43. The van der Waals surface area contributed by atoms with Gasteiger partial charge in [-0.3, -0.25) is 4.90 Å². The first kappa shape index (κ1) is 17.3. The van der Waals surface area contributed by atoms with Crippen molar-refractivity contribution in [2.75, 3.05) is 20.2 Å². The fourth-order valence-electron chi connectivity index (χ4n) is 3.78. The number of aromatic nitrogens is 3. The van der Waals surface area contributed by atoms with Crippen LogP contribution >= 0.6 is 11.3 Å². The van der Waals surface area contributed by atoms with E-state index in [4.69, 9.17) is 4.74 Å². The zero-order chi connectivity index (χ0) is 18.1. The Kier molecular flexibility index (Phi) is 4.82. The van der Waals surface area contributed by atoms with Gasteiger partial charge in [-0.25, -0.2) is 4.98 Å². The fraction of sp³-hybridized carbons (Fsp3) is 0.474. The SMILES string of the molecule is COc1ccccc1C(c1sc2nc(C)nn2c1O)N1CCCCCC1. The van der Waals surface area contributed by atoms with Gasteiger partial charge in [-0.15, -0.1) is 5.10 Å². The molecule has 1 aliphatic heterocycles. The number of thiazole rings is 1. The zero-order valence-corrected chi connectivity index (χ0v) is 16.0. The van der Waals surface area contributed by atoms with Gasteiger partial charge in [-0.1, -0.05) is 42.4 Å². The summed E-state index contributed by atoms with van der Waals surface area (Å²) < 4.78 is 7.19. The molecule has 1 atom stereocenters. The second kappa shape index (κ2) is 7.25. The van der Waals surface area contributed by atoms with Crippen molar-refractivity contribution in [3.63, 3.8) is 0 Å². The summed E-state index contributed by atoms with van der Waals surface area (Å²) in [4.78, 5) is 8.51. The summed E-state index contributed by atoms with van der Waals surface area (Å²) >= 11 is 1.51. The number of hydrogen-bond donors (Lipinski definition) is 1. The molecular formula is C19H24N4O2S. The van der Waals surface area contributed by atoms with Crippen LogP contribution in [0.1, 0.15) is 48.0 Å². The van der Waals surface area contributed by atoms with Crippen molar-refractivity contribution in [1.29, 1.82) is 0 Å². The monoisotopic (exact) mass is 372 g/mol. The first-order valence-corrected chi connectivity index (χ1v) is 9.92. The van der Waals surface area contributed by atoms with Crippen molar-refractivity contribution in [2.24, 2.45) is 0 Å². The molecule has 3 heterocycles. The van der Waals surface area contributed by atoms with Crippen LogP contribution in [0.2, 0.25) is 0 Å². The average Bonchev–Trinajstić information content (AvgIpc) is 3.01. The smallest absolute Gasteiger partial charge is 0.230 e. The van der Waals surface area contributed by atoms with Gasteiger partial charge in [-0.05, 0) is 38.9 Å². The van der Waals surface area contributed by atoms with E-state index in [1.807, 2.05) is 25.1 Å². The number of nitrogens with zero attached hydrogens (tertiary/aromatic N) is 4. The van der Waals surface area contributed by atoms with Crippen LogP contribution in [-0.4, -0.2) is 44.8 Å². The topological polar surface area (TPSA) is 62.9 Å². The predicted molar refractivity (Wildman–Crippen MR) is 102 cm³/mol. The van der Waals surface area contributed by atoms with Gasteiger partial charge in [-0.2, -0.15) is 4.52 Å². The lowest BCUT2D eigenvalue weighted by Crippen LogP contribution is -2.30. The molecule has 0 radical (unpaired) electrons. The van der Waals surface area contributed by atoms with Gasteiger partial charge in [0.2, 0.25) is 10.8 Å². The lowest BCUT2D eigenvalue weighted by Gasteiger charge is -2.31. The van der Waals surface area contributed by atoms with E-state index in [9.17, 15) is 5.11 Å². The molecule has 7 heteroatoms. The summed E-state index contributed by atoms with van der Waals surface area (Å²) in [5.41, 5.74) is 1.08. The lowest BCUT2D eigenvalue weighted by atomic mass is 10.0.